The van der Waals surface area contributed by atoms with Crippen molar-refractivity contribution in [2.45, 2.75) is 6.92 Å². The molecule has 0 radical (unpaired) electrons. The molecule has 0 amide bonds. The monoisotopic (exact) mass is 279 g/mol. The van der Waals surface area contributed by atoms with E-state index >= 15 is 0 Å². The molecule has 0 aliphatic carbocycles. The lowest BCUT2D eigenvalue weighted by Gasteiger charge is -2.07. The Hall–Kier alpha value is -2.75. The standard InChI is InChI=1S/C17H17N3O/c1-11-6-8-12(9-7-11)16-15(17(18)20-19-16)13-4-3-5-14(10-13)21-2/h3-10H,1-2H3,(H3,18,19,20). The zero-order valence-electron chi connectivity index (χ0n) is 12.1. The molecule has 2 aromatic carbocycles. The molecule has 0 spiro atoms. The van der Waals surface area contributed by atoms with Gasteiger partial charge < -0.3 is 10.5 Å². The molecule has 0 saturated carbocycles. The largest absolute Gasteiger partial charge is 0.497 e. The van der Waals surface area contributed by atoms with Crippen LogP contribution in [0.2, 0.25) is 0 Å². The Morgan fingerprint density at radius 1 is 1.05 bits per heavy atom. The Kier molecular flexibility index (Phi) is 3.36. The fourth-order valence-corrected chi connectivity index (χ4v) is 2.36. The van der Waals surface area contributed by atoms with E-state index in [9.17, 15) is 0 Å². The third-order valence-electron chi connectivity index (χ3n) is 3.49. The zero-order valence-corrected chi connectivity index (χ0v) is 12.1. The van der Waals surface area contributed by atoms with Crippen LogP contribution in [-0.4, -0.2) is 17.3 Å². The summed E-state index contributed by atoms with van der Waals surface area (Å²) < 4.78 is 5.28. The van der Waals surface area contributed by atoms with Crippen LogP contribution in [0.5, 0.6) is 5.75 Å². The molecule has 0 atom stereocenters. The number of nitrogens with two attached hydrogens (primary N) is 1. The van der Waals surface area contributed by atoms with Crippen molar-refractivity contribution in [3.63, 3.8) is 0 Å². The topological polar surface area (TPSA) is 63.9 Å². The molecule has 4 heteroatoms. The summed E-state index contributed by atoms with van der Waals surface area (Å²) in [5.74, 6) is 1.28. The smallest absolute Gasteiger partial charge is 0.153 e. The Balaban J connectivity index is 2.14. The third kappa shape index (κ3) is 2.48. The van der Waals surface area contributed by atoms with E-state index in [1.54, 1.807) is 7.11 Å². The van der Waals surface area contributed by atoms with Gasteiger partial charge in [0.25, 0.3) is 0 Å². The molecule has 3 N–H and O–H groups in total. The van der Waals surface area contributed by atoms with Crippen LogP contribution in [0.4, 0.5) is 5.82 Å². The highest BCUT2D eigenvalue weighted by molar-refractivity contribution is 5.88. The van der Waals surface area contributed by atoms with Crippen molar-refractivity contribution in [2.24, 2.45) is 0 Å². The molecule has 0 bridgehead atoms. The molecule has 0 unspecified atom stereocenters. The minimum Gasteiger partial charge on any atom is -0.497 e. The van der Waals surface area contributed by atoms with E-state index < -0.39 is 0 Å². The van der Waals surface area contributed by atoms with Gasteiger partial charge in [-0.3, -0.25) is 5.10 Å². The van der Waals surface area contributed by atoms with Crippen molar-refractivity contribution in [3.8, 4) is 28.1 Å². The number of aromatic nitrogens is 2. The molecule has 106 valence electrons. The second-order valence-corrected chi connectivity index (χ2v) is 4.96. The highest BCUT2D eigenvalue weighted by Crippen LogP contribution is 2.35. The number of hydrogen-bond donors (Lipinski definition) is 2. The number of nitrogens with zero attached hydrogens (tertiary/aromatic N) is 1. The van der Waals surface area contributed by atoms with Gasteiger partial charge in [-0.2, -0.15) is 5.10 Å². The fourth-order valence-electron chi connectivity index (χ4n) is 2.36. The number of nitrogen functional groups attached to an aromatic ring is 1. The number of methoxy groups -OCH3 is 1. The van der Waals surface area contributed by atoms with Gasteiger partial charge in [0, 0.05) is 5.56 Å². The van der Waals surface area contributed by atoms with Gasteiger partial charge in [-0.1, -0.05) is 42.0 Å². The lowest BCUT2D eigenvalue weighted by Crippen LogP contribution is -1.90. The number of benzene rings is 2. The molecule has 0 aliphatic rings. The maximum atomic E-state index is 6.05. The Labute approximate surface area is 123 Å². The maximum Gasteiger partial charge on any atom is 0.153 e. The minimum absolute atomic E-state index is 0.485. The molecule has 3 aromatic rings. The van der Waals surface area contributed by atoms with Crippen molar-refractivity contribution in [1.29, 1.82) is 0 Å². The molecule has 4 nitrogen and oxygen atoms in total. The molecule has 0 saturated heterocycles. The second-order valence-electron chi connectivity index (χ2n) is 4.96. The first-order chi connectivity index (χ1) is 10.2. The lowest BCUT2D eigenvalue weighted by atomic mass is 10.00. The lowest BCUT2D eigenvalue weighted by molar-refractivity contribution is 0.415. The number of anilines is 1. The molecular weight excluding hydrogens is 262 g/mol. The van der Waals surface area contributed by atoms with Gasteiger partial charge in [0.2, 0.25) is 0 Å². The van der Waals surface area contributed by atoms with E-state index in [4.69, 9.17) is 10.5 Å². The van der Waals surface area contributed by atoms with Crippen LogP contribution in [0.25, 0.3) is 22.4 Å². The fraction of sp³-hybridized carbons (Fsp3) is 0.118. The van der Waals surface area contributed by atoms with E-state index in [1.165, 1.54) is 5.56 Å². The first kappa shape index (κ1) is 13.2. The van der Waals surface area contributed by atoms with Crippen LogP contribution in [0.15, 0.2) is 48.5 Å². The van der Waals surface area contributed by atoms with E-state index in [0.29, 0.717) is 5.82 Å². The number of H-pyrrole nitrogens is 1. The molecule has 0 fully saturated rings. The minimum atomic E-state index is 0.485. The molecular formula is C17H17N3O. The molecule has 1 heterocycles. The van der Waals surface area contributed by atoms with Gasteiger partial charge in [-0.05, 0) is 24.6 Å². The summed E-state index contributed by atoms with van der Waals surface area (Å²) in [4.78, 5) is 0. The third-order valence-corrected chi connectivity index (χ3v) is 3.49. The molecule has 21 heavy (non-hydrogen) atoms. The average molecular weight is 279 g/mol. The molecule has 1 aromatic heterocycles. The number of hydrogen-bond acceptors (Lipinski definition) is 3. The van der Waals surface area contributed by atoms with Gasteiger partial charge in [-0.15, -0.1) is 0 Å². The highest BCUT2D eigenvalue weighted by atomic mass is 16.5. The van der Waals surface area contributed by atoms with Crippen molar-refractivity contribution < 1.29 is 4.74 Å². The quantitative estimate of drug-likeness (QED) is 0.769. The van der Waals surface area contributed by atoms with E-state index in [0.717, 1.165) is 28.1 Å². The summed E-state index contributed by atoms with van der Waals surface area (Å²) in [7, 11) is 1.65. The van der Waals surface area contributed by atoms with E-state index in [1.807, 2.05) is 24.3 Å². The van der Waals surface area contributed by atoms with Crippen LogP contribution in [0.1, 0.15) is 5.56 Å². The SMILES string of the molecule is COc1cccc(-c2c(N)n[nH]c2-c2ccc(C)cc2)c1. The van der Waals surface area contributed by atoms with Gasteiger partial charge >= 0.3 is 0 Å². The highest BCUT2D eigenvalue weighted by Gasteiger charge is 2.15. The van der Waals surface area contributed by atoms with E-state index in [-0.39, 0.29) is 0 Å². The van der Waals surface area contributed by atoms with Gasteiger partial charge in [0.05, 0.1) is 18.4 Å². The molecule has 0 aliphatic heterocycles. The number of aromatic amines is 1. The summed E-state index contributed by atoms with van der Waals surface area (Å²) >= 11 is 0. The predicted octanol–water partition coefficient (Wildman–Crippen LogP) is 3.64. The van der Waals surface area contributed by atoms with Crippen LogP contribution in [-0.2, 0) is 0 Å². The first-order valence-corrected chi connectivity index (χ1v) is 6.74. The number of nitrogens with one attached hydrogen (secondary N) is 1. The normalized spacial score (nSPS) is 10.6. The summed E-state index contributed by atoms with van der Waals surface area (Å²) in [5.41, 5.74) is 11.1. The van der Waals surface area contributed by atoms with E-state index in [2.05, 4.69) is 41.4 Å². The Bertz CT molecular complexity index is 760. The van der Waals surface area contributed by atoms with Crippen molar-refractivity contribution in [1.82, 2.24) is 10.2 Å². The maximum absolute atomic E-state index is 6.05. The van der Waals surface area contributed by atoms with Crippen LogP contribution in [0, 0.1) is 6.92 Å². The second kappa shape index (κ2) is 5.32. The average Bonchev–Trinajstić information content (AvgIpc) is 2.90. The zero-order chi connectivity index (χ0) is 14.8. The summed E-state index contributed by atoms with van der Waals surface area (Å²) in [6.07, 6.45) is 0. The Morgan fingerprint density at radius 3 is 2.52 bits per heavy atom. The van der Waals surface area contributed by atoms with Crippen LogP contribution < -0.4 is 10.5 Å². The van der Waals surface area contributed by atoms with Gasteiger partial charge in [-0.25, -0.2) is 0 Å². The van der Waals surface area contributed by atoms with Gasteiger partial charge in [0.15, 0.2) is 5.82 Å². The summed E-state index contributed by atoms with van der Waals surface area (Å²) in [5, 5.41) is 7.19. The summed E-state index contributed by atoms with van der Waals surface area (Å²) in [6.45, 7) is 2.06. The summed E-state index contributed by atoms with van der Waals surface area (Å²) in [6, 6.07) is 16.1. The van der Waals surface area contributed by atoms with Gasteiger partial charge in [0.1, 0.15) is 5.75 Å². The number of rotatable bonds is 3. The number of ether oxygens (including phenoxy) is 1. The van der Waals surface area contributed by atoms with Crippen molar-refractivity contribution in [3.05, 3.63) is 54.1 Å². The van der Waals surface area contributed by atoms with Crippen molar-refractivity contribution >= 4 is 5.82 Å². The first-order valence-electron chi connectivity index (χ1n) is 6.74. The predicted molar refractivity (Wildman–Crippen MR) is 85.2 cm³/mol. The van der Waals surface area contributed by atoms with Crippen molar-refractivity contribution in [2.75, 3.05) is 12.8 Å². The van der Waals surface area contributed by atoms with Crippen LogP contribution >= 0.6 is 0 Å². The van der Waals surface area contributed by atoms with Crippen LogP contribution in [0.3, 0.4) is 0 Å². The number of aryl methyl sites for hydroxylation is 1. The Morgan fingerprint density at radius 2 is 1.81 bits per heavy atom. The molecule has 3 rings (SSSR count).